The van der Waals surface area contributed by atoms with Crippen LogP contribution in [0.4, 0.5) is 5.82 Å². The molecule has 1 aliphatic heterocycles. The average molecular weight is 321 g/mol. The quantitative estimate of drug-likeness (QED) is 0.623. The van der Waals surface area contributed by atoms with Gasteiger partial charge in [-0.3, -0.25) is 9.69 Å². The molecule has 1 saturated heterocycles. The van der Waals surface area contributed by atoms with Gasteiger partial charge >= 0.3 is 0 Å². The summed E-state index contributed by atoms with van der Waals surface area (Å²) in [6.45, 7) is 0.622. The fraction of sp³-hybridized carbons (Fsp3) is 0.375. The maximum absolute atomic E-state index is 11.5. The fourth-order valence-electron chi connectivity index (χ4n) is 1.36. The second-order valence-corrected chi connectivity index (χ2v) is 4.90. The first kappa shape index (κ1) is 10.2. The molecule has 0 N–H and O–H groups in total. The van der Waals surface area contributed by atoms with Gasteiger partial charge in [-0.25, -0.2) is 9.97 Å². The molecule has 2 rings (SSSR count). The van der Waals surface area contributed by atoms with Gasteiger partial charge in [-0.05, 0) is 22.6 Å². The van der Waals surface area contributed by atoms with E-state index in [1.807, 2.05) is 0 Å². The highest BCUT2D eigenvalue weighted by molar-refractivity contribution is 14.1. The average Bonchev–Trinajstić information content (AvgIpc) is 2.47. The van der Waals surface area contributed by atoms with E-state index in [1.165, 1.54) is 0 Å². The van der Waals surface area contributed by atoms with Gasteiger partial charge < -0.3 is 0 Å². The Kier molecular flexibility index (Phi) is 2.91. The molecule has 0 aromatic carbocycles. The monoisotopic (exact) mass is 321 g/mol. The summed E-state index contributed by atoms with van der Waals surface area (Å²) in [6.07, 6.45) is 3.75. The van der Waals surface area contributed by atoms with Crippen molar-refractivity contribution in [3.8, 4) is 0 Å². The number of carbonyl (C=O) groups is 1. The maximum Gasteiger partial charge on any atom is 0.229 e. The summed E-state index contributed by atoms with van der Waals surface area (Å²) in [6, 6.07) is 0. The molecule has 0 bridgehead atoms. The summed E-state index contributed by atoms with van der Waals surface area (Å²) in [7, 11) is 0. The highest BCUT2D eigenvalue weighted by atomic mass is 127. The van der Waals surface area contributed by atoms with Gasteiger partial charge in [0.15, 0.2) is 5.82 Å². The summed E-state index contributed by atoms with van der Waals surface area (Å²) >= 11 is 6.35. The van der Waals surface area contributed by atoms with Crippen molar-refractivity contribution in [1.29, 1.82) is 0 Å². The SMILES string of the molecule is O=C1CC(S)CN1c1cnc(I)cn1. The molecule has 4 nitrogen and oxygen atoms in total. The first-order chi connectivity index (χ1) is 6.66. The van der Waals surface area contributed by atoms with E-state index in [9.17, 15) is 4.79 Å². The van der Waals surface area contributed by atoms with Crippen LogP contribution in [-0.2, 0) is 4.79 Å². The van der Waals surface area contributed by atoms with Crippen LogP contribution in [0.25, 0.3) is 0 Å². The number of hydrogen-bond acceptors (Lipinski definition) is 4. The summed E-state index contributed by atoms with van der Waals surface area (Å²) < 4.78 is 0.820. The van der Waals surface area contributed by atoms with Crippen LogP contribution in [0.5, 0.6) is 0 Å². The van der Waals surface area contributed by atoms with Crippen LogP contribution in [0.15, 0.2) is 12.4 Å². The van der Waals surface area contributed by atoms with E-state index >= 15 is 0 Å². The number of anilines is 1. The van der Waals surface area contributed by atoms with Crippen molar-refractivity contribution in [3.05, 3.63) is 16.1 Å². The van der Waals surface area contributed by atoms with Crippen LogP contribution >= 0.6 is 35.2 Å². The first-order valence-corrected chi connectivity index (χ1v) is 5.72. The van der Waals surface area contributed by atoms with Crippen LogP contribution in [0.2, 0.25) is 0 Å². The molecule has 1 fully saturated rings. The van der Waals surface area contributed by atoms with E-state index in [-0.39, 0.29) is 11.2 Å². The third-order valence-electron chi connectivity index (χ3n) is 1.99. The Morgan fingerprint density at radius 3 is 2.79 bits per heavy atom. The molecule has 1 aromatic rings. The number of carbonyl (C=O) groups excluding carboxylic acids is 1. The van der Waals surface area contributed by atoms with Crippen molar-refractivity contribution in [3.63, 3.8) is 0 Å². The molecule has 1 aliphatic rings. The molecule has 1 amide bonds. The molecule has 0 radical (unpaired) electrons. The lowest BCUT2D eigenvalue weighted by Gasteiger charge is -2.13. The molecule has 1 aromatic heterocycles. The van der Waals surface area contributed by atoms with E-state index in [1.54, 1.807) is 17.3 Å². The smallest absolute Gasteiger partial charge is 0.229 e. The number of aromatic nitrogens is 2. The standard InChI is InChI=1S/C8H8IN3OS/c9-6-2-11-7(3-10-6)12-4-5(14)1-8(12)13/h2-3,5,14H,1,4H2. The lowest BCUT2D eigenvalue weighted by atomic mass is 10.4. The van der Waals surface area contributed by atoms with Crippen LogP contribution in [-0.4, -0.2) is 27.7 Å². The van der Waals surface area contributed by atoms with Gasteiger partial charge in [0.25, 0.3) is 0 Å². The summed E-state index contributed by atoms with van der Waals surface area (Å²) in [4.78, 5) is 21.3. The normalized spacial score (nSPS) is 21.7. The summed E-state index contributed by atoms with van der Waals surface area (Å²) in [5, 5.41) is 0.114. The number of hydrogen-bond donors (Lipinski definition) is 1. The molecular formula is C8H8IN3OS. The van der Waals surface area contributed by atoms with Crippen LogP contribution in [0.3, 0.4) is 0 Å². The third kappa shape index (κ3) is 2.00. The lowest BCUT2D eigenvalue weighted by Crippen LogP contribution is -2.25. The van der Waals surface area contributed by atoms with E-state index in [4.69, 9.17) is 0 Å². The van der Waals surface area contributed by atoms with Crippen molar-refractivity contribution >= 4 is 46.9 Å². The van der Waals surface area contributed by atoms with Crippen molar-refractivity contribution < 1.29 is 4.79 Å². The minimum absolute atomic E-state index is 0.0699. The highest BCUT2D eigenvalue weighted by Gasteiger charge is 2.29. The van der Waals surface area contributed by atoms with E-state index in [0.29, 0.717) is 18.8 Å². The molecule has 0 saturated carbocycles. The largest absolute Gasteiger partial charge is 0.294 e. The molecule has 0 aliphatic carbocycles. The Morgan fingerprint density at radius 1 is 1.50 bits per heavy atom. The zero-order valence-electron chi connectivity index (χ0n) is 7.22. The zero-order chi connectivity index (χ0) is 10.1. The van der Waals surface area contributed by atoms with Crippen molar-refractivity contribution in [2.24, 2.45) is 0 Å². The molecule has 1 atom stereocenters. The fourth-order valence-corrected chi connectivity index (χ4v) is 1.95. The molecule has 2 heterocycles. The second kappa shape index (κ2) is 4.01. The summed E-state index contributed by atoms with van der Waals surface area (Å²) in [5.41, 5.74) is 0. The molecule has 74 valence electrons. The van der Waals surface area contributed by atoms with Gasteiger partial charge in [0.05, 0.1) is 12.4 Å². The molecule has 6 heteroatoms. The zero-order valence-corrected chi connectivity index (χ0v) is 10.3. The van der Waals surface area contributed by atoms with Gasteiger partial charge in [0.1, 0.15) is 3.70 Å². The van der Waals surface area contributed by atoms with E-state index in [2.05, 4.69) is 45.2 Å². The minimum Gasteiger partial charge on any atom is -0.294 e. The third-order valence-corrected chi connectivity index (χ3v) is 2.89. The number of halogens is 1. The number of nitrogens with zero attached hydrogens (tertiary/aromatic N) is 3. The van der Waals surface area contributed by atoms with Gasteiger partial charge in [0.2, 0.25) is 5.91 Å². The first-order valence-electron chi connectivity index (χ1n) is 4.13. The Bertz CT molecular complexity index is 356. The Balaban J connectivity index is 2.23. The molecule has 0 spiro atoms. The van der Waals surface area contributed by atoms with Crippen LogP contribution in [0.1, 0.15) is 6.42 Å². The molecule has 14 heavy (non-hydrogen) atoms. The van der Waals surface area contributed by atoms with Crippen LogP contribution in [0, 0.1) is 3.70 Å². The minimum atomic E-state index is 0.0699. The number of thiol groups is 1. The van der Waals surface area contributed by atoms with Crippen molar-refractivity contribution in [2.75, 3.05) is 11.4 Å². The highest BCUT2D eigenvalue weighted by Crippen LogP contribution is 2.21. The van der Waals surface area contributed by atoms with Crippen molar-refractivity contribution in [1.82, 2.24) is 9.97 Å². The number of rotatable bonds is 1. The molecule has 1 unspecified atom stereocenters. The lowest BCUT2D eigenvalue weighted by molar-refractivity contribution is -0.117. The number of amides is 1. The van der Waals surface area contributed by atoms with E-state index < -0.39 is 0 Å². The molecular weight excluding hydrogens is 313 g/mol. The van der Waals surface area contributed by atoms with Crippen molar-refractivity contribution in [2.45, 2.75) is 11.7 Å². The van der Waals surface area contributed by atoms with E-state index in [0.717, 1.165) is 3.70 Å². The topological polar surface area (TPSA) is 46.1 Å². The Morgan fingerprint density at radius 2 is 2.29 bits per heavy atom. The van der Waals surface area contributed by atoms with Gasteiger partial charge in [-0.2, -0.15) is 12.6 Å². The van der Waals surface area contributed by atoms with Crippen LogP contribution < -0.4 is 4.90 Å². The predicted octanol–water partition coefficient (Wildman–Crippen LogP) is 1.12. The predicted molar refractivity (Wildman–Crippen MR) is 64.5 cm³/mol. The Hall–Kier alpha value is -0.370. The second-order valence-electron chi connectivity index (χ2n) is 3.06. The van der Waals surface area contributed by atoms with Gasteiger partial charge in [0, 0.05) is 18.2 Å². The van der Waals surface area contributed by atoms with Gasteiger partial charge in [-0.1, -0.05) is 0 Å². The summed E-state index contributed by atoms with van der Waals surface area (Å²) in [5.74, 6) is 0.687. The maximum atomic E-state index is 11.5. The van der Waals surface area contributed by atoms with Gasteiger partial charge in [-0.15, -0.1) is 0 Å². The Labute approximate surface area is 101 Å².